The minimum atomic E-state index is -4.40. The molecule has 4 fully saturated rings. The van der Waals surface area contributed by atoms with E-state index in [1.165, 1.54) is 169 Å². The summed E-state index contributed by atoms with van der Waals surface area (Å²) >= 11 is 12.4. The van der Waals surface area contributed by atoms with E-state index in [4.69, 9.17) is 47.9 Å². The molecule has 4 N–H and O–H groups in total. The highest BCUT2D eigenvalue weighted by atomic mass is 35.5. The van der Waals surface area contributed by atoms with Gasteiger partial charge in [0, 0.05) is 150 Å². The van der Waals surface area contributed by atoms with Crippen molar-refractivity contribution >= 4 is 67.3 Å². The fourth-order valence-corrected chi connectivity index (χ4v) is 21.5. The van der Waals surface area contributed by atoms with Crippen LogP contribution in [0.25, 0.3) is 44.1 Å². The van der Waals surface area contributed by atoms with Crippen LogP contribution < -0.4 is 4.74 Å². The number of rotatable bonds is 13. The molecule has 20 rings (SSSR count). The summed E-state index contributed by atoms with van der Waals surface area (Å²) in [6, 6.07) is 40.6. The molecule has 0 amide bonds. The maximum Gasteiger partial charge on any atom is 0.416 e. The number of benzene rings is 4. The number of piperidine rings is 4. The lowest BCUT2D eigenvalue weighted by molar-refractivity contribution is -0.137. The summed E-state index contributed by atoms with van der Waals surface area (Å²) in [4.78, 5) is 29.6. The molecule has 119 heavy (non-hydrogen) atoms. The molecule has 0 spiro atoms. The molecule has 17 nitrogen and oxygen atoms in total. The number of methoxy groups -OCH3 is 1. The molecular formula is C97H113Cl2F3N12O5. The summed E-state index contributed by atoms with van der Waals surface area (Å²) in [5, 5.41) is 51.7. The zero-order chi connectivity index (χ0) is 83.0. The number of alkyl halides is 3. The quantitative estimate of drug-likeness (QED) is 0.0859. The van der Waals surface area contributed by atoms with E-state index in [2.05, 4.69) is 76.0 Å². The Morgan fingerprint density at radius 3 is 0.966 bits per heavy atom. The fourth-order valence-electron chi connectivity index (χ4n) is 21.2. The highest BCUT2D eigenvalue weighted by molar-refractivity contribution is 6.31. The topological polar surface area (TPSA) is 174 Å². The Kier molecular flexibility index (Phi) is 23.2. The van der Waals surface area contributed by atoms with Crippen molar-refractivity contribution in [2.75, 3.05) is 59.5 Å². The first-order valence-corrected chi connectivity index (χ1v) is 44.0. The molecular weight excluding hydrogens is 1540 g/mol. The van der Waals surface area contributed by atoms with Gasteiger partial charge >= 0.3 is 6.18 Å². The van der Waals surface area contributed by atoms with Gasteiger partial charge in [-0.15, -0.1) is 0 Å². The van der Waals surface area contributed by atoms with Gasteiger partial charge in [0.15, 0.2) is 0 Å². The lowest BCUT2D eigenvalue weighted by Crippen LogP contribution is -2.39. The predicted octanol–water partition coefficient (Wildman–Crippen LogP) is 19.4. The molecule has 8 atom stereocenters. The van der Waals surface area contributed by atoms with Gasteiger partial charge in [0.25, 0.3) is 0 Å². The van der Waals surface area contributed by atoms with Gasteiger partial charge in [-0.3, -0.25) is 19.6 Å². The van der Waals surface area contributed by atoms with Crippen LogP contribution in [0.15, 0.2) is 152 Å². The van der Waals surface area contributed by atoms with Crippen LogP contribution in [-0.2, 0) is 80.4 Å². The Morgan fingerprint density at radius 1 is 0.361 bits per heavy atom. The lowest BCUT2D eigenvalue weighted by atomic mass is 9.89. The number of aliphatic hydroxyl groups is 4. The number of hydrogen-bond donors (Lipinski definition) is 4. The molecule has 8 aliphatic rings. The third kappa shape index (κ3) is 16.4. The van der Waals surface area contributed by atoms with E-state index in [1.54, 1.807) is 20.2 Å². The molecule has 4 saturated heterocycles. The van der Waals surface area contributed by atoms with Gasteiger partial charge in [-0.25, -0.2) is 19.9 Å². The predicted molar refractivity (Wildman–Crippen MR) is 466 cm³/mol. The zero-order valence-corrected chi connectivity index (χ0v) is 71.5. The number of nitrogens with zero attached hydrogens (tertiary/aromatic N) is 12. The molecule has 8 aliphatic heterocycles. The van der Waals surface area contributed by atoms with E-state index < -0.39 is 34.1 Å². The average molecular weight is 1650 g/mol. The Labute approximate surface area is 706 Å². The number of aryl methyl sites for hydroxylation is 3. The van der Waals surface area contributed by atoms with Gasteiger partial charge < -0.3 is 43.4 Å². The van der Waals surface area contributed by atoms with Crippen molar-refractivity contribution < 1.29 is 38.3 Å². The van der Waals surface area contributed by atoms with Crippen molar-refractivity contribution in [1.82, 2.24) is 57.8 Å². The summed E-state index contributed by atoms with van der Waals surface area (Å²) in [5.41, 5.74) is 16.3. The van der Waals surface area contributed by atoms with E-state index >= 15 is 0 Å². The number of ether oxygens (including phenoxy) is 1. The van der Waals surface area contributed by atoms with Crippen LogP contribution in [-0.4, -0.2) is 138 Å². The first kappa shape index (κ1) is 82.8. The third-order valence-electron chi connectivity index (χ3n) is 27.2. The van der Waals surface area contributed by atoms with Crippen molar-refractivity contribution in [1.29, 1.82) is 0 Å². The molecule has 626 valence electrons. The van der Waals surface area contributed by atoms with E-state index in [9.17, 15) is 33.6 Å². The molecule has 8 unspecified atom stereocenters. The molecule has 22 heteroatoms. The van der Waals surface area contributed by atoms with Gasteiger partial charge in [-0.2, -0.15) is 13.2 Å². The van der Waals surface area contributed by atoms with Crippen LogP contribution in [0.3, 0.4) is 0 Å². The van der Waals surface area contributed by atoms with E-state index in [0.29, 0.717) is 59.4 Å². The summed E-state index contributed by atoms with van der Waals surface area (Å²) < 4.78 is 53.1. The molecule has 0 radical (unpaired) electrons. The SMILES string of the molecule is CC(O)(Cn1c2c(c3cc(Cl)cnc31)C1CCCCN1CC2)c1ccccc1.COc1ccc(C(C)(O)Cn2c3c(c4cc(C)cnc42)C2CCCCN2CC3)cc1.Cc1cnc2c(c1)c1c(n2CC(C)(O)c2ccc(C(F)(F)F)cc2)CCN2CCCCC12.Cc1cnc2c(c1)c1c(n2CC(C)(O)c2ccc(Cl)cc2)CCN2CCCCC12. The standard InChI is InChI=1S/C25H28F3N3O.C25H31N3O2.C24H28ClN3O.C23H26ClN3O/c1-16-13-19-22-20-5-3-4-11-30(20)12-10-21(22)31(23(19)29-14-16)15-24(2,32)17-6-8-18(9-7-17)25(26,27)28;1-17-14-20-23-21-6-4-5-12-27(21)13-11-22(23)28(24(20)26-15-17)16-25(2,29)18-7-9-19(30-3)10-8-18;1-16-13-19-22-20-5-3-4-11-27(20)12-10-21(22)28(23(19)26-14-16)15-24(2,29)17-6-8-18(25)9-7-17;1-23(28,16-7-3-2-4-8-16)15-27-20-10-12-26-11-6-5-9-19(26)21(20)18-13-17(24)14-25-22(18)27/h6-9,13-14,20,32H,3-5,10-12,15H2,1-2H3;7-10,14-15,21,29H,4-6,11-13,16H2,1-3H3;6-9,13-14,20,29H,3-5,10-12,15H2,1-2H3;2-4,7-8,13-14,19,28H,5-6,9-12,15H2,1H3. The number of pyridine rings is 4. The monoisotopic (exact) mass is 1650 g/mol. The lowest BCUT2D eigenvalue weighted by Gasteiger charge is -2.40. The van der Waals surface area contributed by atoms with Gasteiger partial charge in [0.1, 0.15) is 50.7 Å². The Balaban J connectivity index is 0.000000114. The Morgan fingerprint density at radius 2 is 0.647 bits per heavy atom. The van der Waals surface area contributed by atoms with Gasteiger partial charge in [-0.05, 0) is 248 Å². The largest absolute Gasteiger partial charge is 0.497 e. The van der Waals surface area contributed by atoms with E-state index in [-0.39, 0.29) is 6.54 Å². The van der Waals surface area contributed by atoms with Crippen LogP contribution in [0, 0.1) is 20.8 Å². The van der Waals surface area contributed by atoms with Crippen molar-refractivity contribution in [2.24, 2.45) is 0 Å². The molecule has 4 aromatic carbocycles. The number of aromatic nitrogens is 8. The second kappa shape index (κ2) is 33.4. The van der Waals surface area contributed by atoms with Crippen molar-refractivity contribution in [2.45, 2.75) is 230 Å². The molecule has 0 saturated carbocycles. The van der Waals surface area contributed by atoms with Gasteiger partial charge in [-0.1, -0.05) is 116 Å². The molecule has 8 aromatic heterocycles. The molecule has 12 aromatic rings. The third-order valence-corrected chi connectivity index (χ3v) is 27.6. The fraction of sp³-hybridized carbons (Fsp3) is 0.464. The smallest absolute Gasteiger partial charge is 0.416 e. The van der Waals surface area contributed by atoms with Crippen LogP contribution in [0.4, 0.5) is 13.2 Å². The minimum absolute atomic E-state index is 0.243. The highest BCUT2D eigenvalue weighted by Crippen LogP contribution is 2.49. The molecule has 0 aliphatic carbocycles. The minimum Gasteiger partial charge on any atom is -0.497 e. The van der Waals surface area contributed by atoms with Crippen LogP contribution >= 0.6 is 23.2 Å². The summed E-state index contributed by atoms with van der Waals surface area (Å²) in [5.74, 6) is 0.799. The summed E-state index contributed by atoms with van der Waals surface area (Å²) in [7, 11) is 1.66. The number of hydrogen-bond acceptors (Lipinski definition) is 13. The molecule has 0 bridgehead atoms. The van der Waals surface area contributed by atoms with Crippen LogP contribution in [0.2, 0.25) is 10.0 Å². The molecule has 16 heterocycles. The maximum atomic E-state index is 13.0. The van der Waals surface area contributed by atoms with Crippen molar-refractivity contribution in [3.05, 3.63) is 252 Å². The summed E-state index contributed by atoms with van der Waals surface area (Å²) in [6.07, 6.45) is 21.9. The van der Waals surface area contributed by atoms with Crippen molar-refractivity contribution in [3.63, 3.8) is 0 Å². The first-order valence-electron chi connectivity index (χ1n) is 43.2. The number of fused-ring (bicyclic) bond motifs is 20. The van der Waals surface area contributed by atoms with E-state index in [1.807, 2.05) is 125 Å². The second-order valence-electron chi connectivity index (χ2n) is 35.9. The normalized spacial score (nSPS) is 21.5. The van der Waals surface area contributed by atoms with Gasteiger partial charge in [0.05, 0.1) is 43.9 Å². The zero-order valence-electron chi connectivity index (χ0n) is 70.0. The first-order chi connectivity index (χ1) is 57.1. The summed E-state index contributed by atoms with van der Waals surface area (Å²) in [6.45, 7) is 24.2. The average Bonchev–Trinajstić information content (AvgIpc) is 1.60. The van der Waals surface area contributed by atoms with Crippen LogP contribution in [0.1, 0.15) is 218 Å². The second-order valence-corrected chi connectivity index (χ2v) is 36.8. The Hall–Kier alpha value is -8.51. The Bertz CT molecular complexity index is 5680. The maximum absolute atomic E-state index is 13.0. The van der Waals surface area contributed by atoms with E-state index in [0.717, 1.165) is 138 Å². The van der Waals surface area contributed by atoms with Crippen LogP contribution in [0.5, 0.6) is 5.75 Å². The number of halogens is 5. The van der Waals surface area contributed by atoms with Gasteiger partial charge in [0.2, 0.25) is 0 Å². The highest BCUT2D eigenvalue weighted by Gasteiger charge is 2.43. The van der Waals surface area contributed by atoms with Crippen molar-refractivity contribution in [3.8, 4) is 5.75 Å².